The summed E-state index contributed by atoms with van der Waals surface area (Å²) in [5, 5.41) is 12.7. The van der Waals surface area contributed by atoms with E-state index in [0.717, 1.165) is 29.2 Å². The predicted octanol–water partition coefficient (Wildman–Crippen LogP) is 2.71. The van der Waals surface area contributed by atoms with E-state index in [-0.39, 0.29) is 18.0 Å². The monoisotopic (exact) mass is 344 g/mol. The molecule has 2 N–H and O–H groups in total. The van der Waals surface area contributed by atoms with Crippen LogP contribution in [0.15, 0.2) is 24.3 Å². The van der Waals surface area contributed by atoms with E-state index in [0.29, 0.717) is 6.42 Å². The lowest BCUT2D eigenvalue weighted by molar-refractivity contribution is -0.137. The molecule has 0 aromatic heterocycles. The van der Waals surface area contributed by atoms with Crippen molar-refractivity contribution in [3.05, 3.63) is 35.4 Å². The van der Waals surface area contributed by atoms with Crippen molar-refractivity contribution >= 4 is 11.9 Å². The normalized spacial score (nSPS) is 19.8. The number of amides is 3. The number of hydrogen-bond donors (Lipinski definition) is 2. The van der Waals surface area contributed by atoms with Crippen molar-refractivity contribution in [1.82, 2.24) is 10.2 Å². The molecule has 24 heavy (non-hydrogen) atoms. The summed E-state index contributed by atoms with van der Waals surface area (Å²) < 4.78 is 37.6. The molecule has 1 aliphatic rings. The number of benzene rings is 1. The van der Waals surface area contributed by atoms with Gasteiger partial charge in [-0.2, -0.15) is 13.2 Å². The van der Waals surface area contributed by atoms with Crippen LogP contribution in [0.3, 0.4) is 0 Å². The van der Waals surface area contributed by atoms with Gasteiger partial charge in [0.25, 0.3) is 5.91 Å². The van der Waals surface area contributed by atoms with Crippen molar-refractivity contribution in [1.29, 1.82) is 0 Å². The van der Waals surface area contributed by atoms with Crippen LogP contribution in [0.4, 0.5) is 18.0 Å². The summed E-state index contributed by atoms with van der Waals surface area (Å²) in [6, 6.07) is 2.75. The lowest BCUT2D eigenvalue weighted by Gasteiger charge is -2.18. The molecule has 5 nitrogen and oxygen atoms in total. The maximum atomic E-state index is 12.5. The highest BCUT2D eigenvalue weighted by Crippen LogP contribution is 2.30. The molecule has 2 rings (SSSR count). The molecule has 0 radical (unpaired) electrons. The Bertz CT molecular complexity index is 614. The van der Waals surface area contributed by atoms with Gasteiger partial charge >= 0.3 is 12.2 Å². The smallest absolute Gasteiger partial charge is 0.387 e. The van der Waals surface area contributed by atoms with Crippen LogP contribution < -0.4 is 5.32 Å². The van der Waals surface area contributed by atoms with Crippen molar-refractivity contribution in [2.24, 2.45) is 5.92 Å². The lowest BCUT2D eigenvalue weighted by atomic mass is 10.0. The van der Waals surface area contributed by atoms with E-state index in [2.05, 4.69) is 5.32 Å². The summed E-state index contributed by atoms with van der Waals surface area (Å²) in [7, 11) is 0. The molecule has 132 valence electrons. The van der Waals surface area contributed by atoms with E-state index >= 15 is 0 Å². The second-order valence-corrected chi connectivity index (χ2v) is 6.22. The van der Waals surface area contributed by atoms with Gasteiger partial charge < -0.3 is 10.4 Å². The number of alkyl halides is 3. The minimum Gasteiger partial charge on any atom is -0.387 e. The molecule has 1 aromatic rings. The maximum Gasteiger partial charge on any atom is 0.416 e. The Kier molecular flexibility index (Phi) is 5.17. The number of hydrogen-bond acceptors (Lipinski definition) is 3. The Balaban J connectivity index is 2.05. The van der Waals surface area contributed by atoms with E-state index in [1.54, 1.807) is 0 Å². The number of halogens is 3. The average Bonchev–Trinajstić information content (AvgIpc) is 2.73. The Hall–Kier alpha value is -2.09. The topological polar surface area (TPSA) is 69.6 Å². The fraction of sp³-hybridized carbons (Fsp3) is 0.500. The summed E-state index contributed by atoms with van der Waals surface area (Å²) in [5.74, 6) is -0.223. The molecule has 8 heteroatoms. The van der Waals surface area contributed by atoms with Crippen molar-refractivity contribution in [2.45, 2.75) is 38.6 Å². The number of carbonyl (C=O) groups excluding carboxylic acids is 2. The third-order valence-corrected chi connectivity index (χ3v) is 3.79. The van der Waals surface area contributed by atoms with Crippen molar-refractivity contribution in [3.8, 4) is 0 Å². The van der Waals surface area contributed by atoms with Crippen molar-refractivity contribution in [2.75, 3.05) is 6.54 Å². The second kappa shape index (κ2) is 6.80. The molecule has 3 amide bonds. The van der Waals surface area contributed by atoms with E-state index in [1.165, 1.54) is 0 Å². The summed E-state index contributed by atoms with van der Waals surface area (Å²) in [6.07, 6.45) is -5.23. The SMILES string of the molecule is CC(C)CC1NC(=O)N(CC(O)c2ccc(C(F)(F)F)cc2)C1=O. The van der Waals surface area contributed by atoms with Gasteiger partial charge in [-0.15, -0.1) is 0 Å². The molecule has 2 unspecified atom stereocenters. The van der Waals surface area contributed by atoms with Crippen LogP contribution in [0.2, 0.25) is 0 Å². The van der Waals surface area contributed by atoms with Crippen LogP contribution in [0, 0.1) is 5.92 Å². The third kappa shape index (κ3) is 4.05. The summed E-state index contributed by atoms with van der Waals surface area (Å²) in [4.78, 5) is 24.9. The number of imide groups is 1. The van der Waals surface area contributed by atoms with Gasteiger partial charge in [-0.3, -0.25) is 9.69 Å². The van der Waals surface area contributed by atoms with Crippen LogP contribution in [0.25, 0.3) is 0 Å². The first-order valence-corrected chi connectivity index (χ1v) is 7.56. The van der Waals surface area contributed by atoms with Gasteiger partial charge in [0.1, 0.15) is 6.04 Å². The zero-order valence-corrected chi connectivity index (χ0v) is 13.3. The van der Waals surface area contributed by atoms with Gasteiger partial charge in [-0.25, -0.2) is 4.79 Å². The van der Waals surface area contributed by atoms with Crippen LogP contribution in [-0.2, 0) is 11.0 Å². The third-order valence-electron chi connectivity index (χ3n) is 3.79. The first kappa shape index (κ1) is 18.3. The maximum absolute atomic E-state index is 12.5. The molecule has 0 aliphatic carbocycles. The van der Waals surface area contributed by atoms with Gasteiger partial charge in [0, 0.05) is 0 Å². The summed E-state index contributed by atoms with van der Waals surface area (Å²) in [6.45, 7) is 3.53. The number of carbonyl (C=O) groups is 2. The van der Waals surface area contributed by atoms with Gasteiger partial charge in [-0.1, -0.05) is 26.0 Å². The number of nitrogens with zero attached hydrogens (tertiary/aromatic N) is 1. The van der Waals surface area contributed by atoms with Crippen LogP contribution in [-0.4, -0.2) is 34.5 Å². The van der Waals surface area contributed by atoms with Gasteiger partial charge in [0.05, 0.1) is 18.2 Å². The molecule has 0 bridgehead atoms. The van der Waals surface area contributed by atoms with E-state index in [4.69, 9.17) is 0 Å². The largest absolute Gasteiger partial charge is 0.416 e. The fourth-order valence-corrected chi connectivity index (χ4v) is 2.55. The number of aliphatic hydroxyl groups is 1. The van der Waals surface area contributed by atoms with Gasteiger partial charge in [0.2, 0.25) is 0 Å². The molecular formula is C16H19F3N2O3. The Morgan fingerprint density at radius 2 is 1.79 bits per heavy atom. The molecule has 2 atom stereocenters. The van der Waals surface area contributed by atoms with Gasteiger partial charge in [0.15, 0.2) is 0 Å². The van der Waals surface area contributed by atoms with E-state index in [1.807, 2.05) is 13.8 Å². The Labute approximate surface area is 137 Å². The quantitative estimate of drug-likeness (QED) is 0.807. The summed E-state index contributed by atoms with van der Waals surface area (Å²) in [5.41, 5.74) is -0.624. The molecule has 1 aromatic carbocycles. The number of aliphatic hydroxyl groups excluding tert-OH is 1. The fourth-order valence-electron chi connectivity index (χ4n) is 2.55. The molecular weight excluding hydrogens is 325 g/mol. The highest BCUT2D eigenvalue weighted by molar-refractivity contribution is 6.04. The lowest BCUT2D eigenvalue weighted by Crippen LogP contribution is -2.35. The number of β-amino-alcohol motifs (C(OH)–C–C–N with tert-alkyl or cyclic N) is 1. The molecule has 1 heterocycles. The standard InChI is InChI=1S/C16H19F3N2O3/c1-9(2)7-12-14(23)21(15(24)20-12)8-13(22)10-3-5-11(6-4-10)16(17,18)19/h3-6,9,12-13,22H,7-8H2,1-2H3,(H,20,24). The number of nitrogens with one attached hydrogen (secondary N) is 1. The van der Waals surface area contributed by atoms with Crippen molar-refractivity contribution < 1.29 is 27.9 Å². The zero-order valence-electron chi connectivity index (χ0n) is 13.3. The van der Waals surface area contributed by atoms with Gasteiger partial charge in [-0.05, 0) is 30.0 Å². The van der Waals surface area contributed by atoms with Crippen LogP contribution in [0.5, 0.6) is 0 Å². The molecule has 0 spiro atoms. The zero-order chi connectivity index (χ0) is 18.1. The Morgan fingerprint density at radius 1 is 1.21 bits per heavy atom. The first-order valence-electron chi connectivity index (χ1n) is 7.56. The number of rotatable bonds is 5. The summed E-state index contributed by atoms with van der Waals surface area (Å²) >= 11 is 0. The molecule has 0 saturated carbocycles. The van der Waals surface area contributed by atoms with E-state index in [9.17, 15) is 27.9 Å². The minimum absolute atomic E-state index is 0.205. The average molecular weight is 344 g/mol. The number of urea groups is 1. The van der Waals surface area contributed by atoms with Crippen molar-refractivity contribution in [3.63, 3.8) is 0 Å². The highest BCUT2D eigenvalue weighted by atomic mass is 19.4. The first-order chi connectivity index (χ1) is 11.1. The molecule has 1 aliphatic heterocycles. The Morgan fingerprint density at radius 3 is 2.29 bits per heavy atom. The predicted molar refractivity (Wildman–Crippen MR) is 79.9 cm³/mol. The van der Waals surface area contributed by atoms with Crippen LogP contribution >= 0.6 is 0 Å². The van der Waals surface area contributed by atoms with Crippen LogP contribution in [0.1, 0.15) is 37.5 Å². The highest BCUT2D eigenvalue weighted by Gasteiger charge is 2.39. The second-order valence-electron chi connectivity index (χ2n) is 6.22. The molecule has 1 fully saturated rings. The minimum atomic E-state index is -4.46. The van der Waals surface area contributed by atoms with E-state index < -0.39 is 35.8 Å². The molecule has 1 saturated heterocycles.